The first-order valence-corrected chi connectivity index (χ1v) is 11.2. The Bertz CT molecular complexity index is 1390. The van der Waals surface area contributed by atoms with Crippen LogP contribution in [-0.2, 0) is 11.0 Å². The van der Waals surface area contributed by atoms with E-state index in [0.717, 1.165) is 12.1 Å². The van der Waals surface area contributed by atoms with E-state index in [4.69, 9.17) is 9.47 Å². The molecule has 3 aromatic rings. The zero-order valence-electron chi connectivity index (χ0n) is 20.0. The number of aryl methyl sites for hydroxylation is 1. The number of carboxylic acid groups (broad SMARTS) is 1. The van der Waals surface area contributed by atoms with E-state index < -0.39 is 39.8 Å². The lowest BCUT2D eigenvalue weighted by atomic mass is 10.0. The molecule has 1 aliphatic carbocycles. The highest BCUT2D eigenvalue weighted by atomic mass is 19.4. The second-order valence-electron chi connectivity index (χ2n) is 8.95. The van der Waals surface area contributed by atoms with Crippen molar-refractivity contribution in [3.8, 4) is 11.5 Å². The Morgan fingerprint density at radius 3 is 2.49 bits per heavy atom. The van der Waals surface area contributed by atoms with Crippen molar-refractivity contribution >= 4 is 28.4 Å². The van der Waals surface area contributed by atoms with E-state index in [1.165, 1.54) is 7.11 Å². The Kier molecular flexibility index (Phi) is 6.57. The average molecular weight is 520 g/mol. The second kappa shape index (κ2) is 9.37. The van der Waals surface area contributed by atoms with Crippen LogP contribution in [0.2, 0.25) is 0 Å². The second-order valence-corrected chi connectivity index (χ2v) is 8.95. The molecule has 1 aromatic heterocycles. The molecular formula is C24H23F3N4O6. The maximum atomic E-state index is 13.4. The number of carbonyl (C=O) groups is 1. The maximum Gasteiger partial charge on any atom is 0.416 e. The third-order valence-electron chi connectivity index (χ3n) is 6.24. The Labute approximate surface area is 208 Å². The Morgan fingerprint density at radius 2 is 1.92 bits per heavy atom. The van der Waals surface area contributed by atoms with E-state index in [1.54, 1.807) is 26.0 Å². The summed E-state index contributed by atoms with van der Waals surface area (Å²) < 4.78 is 51.3. The molecule has 10 nitrogen and oxygen atoms in total. The van der Waals surface area contributed by atoms with E-state index in [0.29, 0.717) is 41.4 Å². The molecule has 0 amide bonds. The normalized spacial score (nSPS) is 15.2. The smallest absolute Gasteiger partial charge is 0.416 e. The number of hydrogen-bond donors (Lipinski definition) is 2. The highest BCUT2D eigenvalue weighted by molar-refractivity contribution is 5.92. The molecule has 0 saturated heterocycles. The van der Waals surface area contributed by atoms with E-state index in [-0.39, 0.29) is 23.7 Å². The van der Waals surface area contributed by atoms with Gasteiger partial charge in [0.1, 0.15) is 23.7 Å². The van der Waals surface area contributed by atoms with Gasteiger partial charge in [-0.15, -0.1) is 0 Å². The number of hydrogen-bond acceptors (Lipinski definition) is 8. The fourth-order valence-electron chi connectivity index (χ4n) is 3.86. The van der Waals surface area contributed by atoms with Gasteiger partial charge in [-0.05, 0) is 44.4 Å². The van der Waals surface area contributed by atoms with E-state index in [2.05, 4.69) is 15.3 Å². The van der Waals surface area contributed by atoms with E-state index in [9.17, 15) is 33.2 Å². The number of carboxylic acids is 1. The topological polar surface area (TPSA) is 137 Å². The number of alkyl halides is 3. The standard InChI is InChI=1S/C24H23F3N4O6/c1-12(14-6-15(24(25,26)27)8-16(7-14)31(34)35)28-21-17-9-20(37-11-23(4-5-23)22(32)33)19(36-3)10-18(17)29-13(2)30-21/h6-10,12H,4-5,11H2,1-3H3,(H,32,33)(H,28,29,30). The molecule has 1 unspecified atom stereocenters. The zero-order chi connectivity index (χ0) is 27.1. The molecule has 0 aliphatic heterocycles. The van der Waals surface area contributed by atoms with Gasteiger partial charge in [-0.2, -0.15) is 13.2 Å². The number of ether oxygens (including phenoxy) is 2. The van der Waals surface area contributed by atoms with Crippen LogP contribution >= 0.6 is 0 Å². The average Bonchev–Trinajstić information content (AvgIpc) is 3.62. The van der Waals surface area contributed by atoms with Crippen LogP contribution in [0.25, 0.3) is 10.9 Å². The minimum absolute atomic E-state index is 0.0352. The van der Waals surface area contributed by atoms with Gasteiger partial charge in [0.05, 0.1) is 29.2 Å². The first kappa shape index (κ1) is 25.9. The first-order chi connectivity index (χ1) is 17.3. The summed E-state index contributed by atoms with van der Waals surface area (Å²) in [4.78, 5) is 30.6. The van der Waals surface area contributed by atoms with Gasteiger partial charge in [0.2, 0.25) is 0 Å². The van der Waals surface area contributed by atoms with Crippen molar-refractivity contribution in [2.75, 3.05) is 19.0 Å². The number of methoxy groups -OCH3 is 1. The number of halogens is 3. The van der Waals surface area contributed by atoms with Crippen LogP contribution in [0, 0.1) is 22.5 Å². The number of aromatic nitrogens is 2. The summed E-state index contributed by atoms with van der Waals surface area (Å²) in [6.07, 6.45) is -3.78. The number of nitrogens with zero attached hydrogens (tertiary/aromatic N) is 3. The fourth-order valence-corrected chi connectivity index (χ4v) is 3.86. The quantitative estimate of drug-likeness (QED) is 0.285. The molecular weight excluding hydrogens is 497 g/mol. The van der Waals surface area contributed by atoms with Crippen molar-refractivity contribution in [2.45, 2.75) is 38.9 Å². The van der Waals surface area contributed by atoms with Gasteiger partial charge < -0.3 is 19.9 Å². The molecule has 4 rings (SSSR count). The van der Waals surface area contributed by atoms with Gasteiger partial charge in [0.15, 0.2) is 11.5 Å². The number of non-ortho nitro benzene ring substituents is 1. The van der Waals surface area contributed by atoms with Crippen LogP contribution in [0.3, 0.4) is 0 Å². The van der Waals surface area contributed by atoms with E-state index in [1.807, 2.05) is 0 Å². The summed E-state index contributed by atoms with van der Waals surface area (Å²) in [6, 6.07) is 4.74. The number of rotatable bonds is 9. The molecule has 0 radical (unpaired) electrons. The molecule has 0 bridgehead atoms. The molecule has 0 spiro atoms. The molecule has 196 valence electrons. The zero-order valence-corrected chi connectivity index (χ0v) is 20.0. The highest BCUT2D eigenvalue weighted by Gasteiger charge is 2.51. The van der Waals surface area contributed by atoms with Crippen molar-refractivity contribution in [1.29, 1.82) is 0 Å². The largest absolute Gasteiger partial charge is 0.493 e. The third kappa shape index (κ3) is 5.34. The van der Waals surface area contributed by atoms with Gasteiger partial charge in [0.25, 0.3) is 5.69 Å². The van der Waals surface area contributed by atoms with E-state index >= 15 is 0 Å². The number of anilines is 1. The van der Waals surface area contributed by atoms with Crippen molar-refractivity contribution in [2.24, 2.45) is 5.41 Å². The molecule has 1 atom stereocenters. The van der Waals surface area contributed by atoms with Crippen LogP contribution in [0.4, 0.5) is 24.7 Å². The molecule has 1 fully saturated rings. The minimum atomic E-state index is -4.77. The van der Waals surface area contributed by atoms with Gasteiger partial charge in [0, 0.05) is 23.6 Å². The van der Waals surface area contributed by atoms with Crippen LogP contribution in [0.5, 0.6) is 11.5 Å². The van der Waals surface area contributed by atoms with Gasteiger partial charge in [-0.3, -0.25) is 14.9 Å². The lowest BCUT2D eigenvalue weighted by molar-refractivity contribution is -0.385. The fraction of sp³-hybridized carbons (Fsp3) is 0.375. The monoisotopic (exact) mass is 520 g/mol. The lowest BCUT2D eigenvalue weighted by Crippen LogP contribution is -2.23. The van der Waals surface area contributed by atoms with Crippen LogP contribution in [-0.4, -0.2) is 39.7 Å². The highest BCUT2D eigenvalue weighted by Crippen LogP contribution is 2.47. The molecule has 2 aromatic carbocycles. The van der Waals surface area contributed by atoms with Gasteiger partial charge in [-0.1, -0.05) is 0 Å². The van der Waals surface area contributed by atoms with Crippen molar-refractivity contribution in [1.82, 2.24) is 9.97 Å². The predicted molar refractivity (Wildman–Crippen MR) is 126 cm³/mol. The Balaban J connectivity index is 1.72. The minimum Gasteiger partial charge on any atom is -0.493 e. The third-order valence-corrected chi connectivity index (χ3v) is 6.24. The predicted octanol–water partition coefficient (Wildman–Crippen LogP) is 5.29. The summed E-state index contributed by atoms with van der Waals surface area (Å²) in [5.74, 6) is 0.231. The lowest BCUT2D eigenvalue weighted by Gasteiger charge is -2.19. The molecule has 37 heavy (non-hydrogen) atoms. The molecule has 1 aliphatic rings. The summed E-state index contributed by atoms with van der Waals surface area (Å²) >= 11 is 0. The molecule has 1 heterocycles. The van der Waals surface area contributed by atoms with Gasteiger partial charge >= 0.3 is 12.1 Å². The summed E-state index contributed by atoms with van der Waals surface area (Å²) in [5.41, 5.74) is -2.29. The SMILES string of the molecule is COc1cc2nc(C)nc(NC(C)c3cc([N+](=O)[O-])cc(C(F)(F)F)c3)c2cc1OCC1(C(=O)O)CC1. The first-order valence-electron chi connectivity index (χ1n) is 11.2. The number of fused-ring (bicyclic) bond motifs is 1. The summed E-state index contributed by atoms with van der Waals surface area (Å²) in [6.45, 7) is 3.11. The number of aliphatic carboxylic acids is 1. The van der Waals surface area contributed by atoms with Crippen LogP contribution in [0.15, 0.2) is 30.3 Å². The van der Waals surface area contributed by atoms with Crippen LogP contribution in [0.1, 0.15) is 42.8 Å². The number of benzene rings is 2. The van der Waals surface area contributed by atoms with Crippen molar-refractivity contribution in [3.05, 3.63) is 57.4 Å². The van der Waals surface area contributed by atoms with Crippen molar-refractivity contribution in [3.63, 3.8) is 0 Å². The Morgan fingerprint density at radius 1 is 1.22 bits per heavy atom. The van der Waals surface area contributed by atoms with Crippen molar-refractivity contribution < 1.29 is 37.5 Å². The number of nitro groups is 1. The summed E-state index contributed by atoms with van der Waals surface area (Å²) in [7, 11) is 1.42. The molecule has 13 heteroatoms. The summed E-state index contributed by atoms with van der Waals surface area (Å²) in [5, 5.41) is 24.1. The maximum absolute atomic E-state index is 13.4. The molecule has 1 saturated carbocycles. The molecule has 2 N–H and O–H groups in total. The number of nitro benzene ring substituents is 1. The van der Waals surface area contributed by atoms with Crippen LogP contribution < -0.4 is 14.8 Å². The number of nitrogens with one attached hydrogen (secondary N) is 1. The van der Waals surface area contributed by atoms with Gasteiger partial charge in [-0.25, -0.2) is 9.97 Å². The Hall–Kier alpha value is -4.16.